The van der Waals surface area contributed by atoms with Gasteiger partial charge in [0.2, 0.25) is 0 Å². The van der Waals surface area contributed by atoms with Gasteiger partial charge in [-0.2, -0.15) is 5.10 Å². The molecule has 0 aliphatic heterocycles. The van der Waals surface area contributed by atoms with Gasteiger partial charge in [-0.05, 0) is 24.4 Å². The Bertz CT molecular complexity index is 736. The summed E-state index contributed by atoms with van der Waals surface area (Å²) in [7, 11) is 0. The Morgan fingerprint density at radius 3 is 2.75 bits per heavy atom. The minimum absolute atomic E-state index is 0.666. The number of rotatable bonds is 4. The second-order valence-corrected chi connectivity index (χ2v) is 5.34. The summed E-state index contributed by atoms with van der Waals surface area (Å²) < 4.78 is 3.00. The molecule has 0 aliphatic rings. The topological polar surface area (TPSA) is 42.7 Å². The molecule has 2 aromatic carbocycles. The predicted octanol–water partition coefficient (Wildman–Crippen LogP) is 3.83. The summed E-state index contributed by atoms with van der Waals surface area (Å²) in [4.78, 5) is 4.28. The molecule has 102 valence electrons. The molecule has 0 atom stereocenters. The number of anilines is 1. The fourth-order valence-electron chi connectivity index (χ4n) is 2.28. The third kappa shape index (κ3) is 2.41. The molecule has 0 aliphatic carbocycles. The van der Waals surface area contributed by atoms with Crippen LogP contribution in [-0.4, -0.2) is 14.8 Å². The molecule has 0 saturated heterocycles. The van der Waals surface area contributed by atoms with Crippen molar-refractivity contribution < 1.29 is 0 Å². The first-order valence-electron chi connectivity index (χ1n) is 6.57. The van der Waals surface area contributed by atoms with Crippen LogP contribution in [-0.2, 0) is 13.1 Å². The quantitative estimate of drug-likeness (QED) is 0.790. The van der Waals surface area contributed by atoms with Crippen LogP contribution in [0.25, 0.3) is 10.8 Å². The molecule has 0 amide bonds. The van der Waals surface area contributed by atoms with Crippen molar-refractivity contribution in [2.45, 2.75) is 20.0 Å². The molecule has 1 aromatic heterocycles. The standard InChI is InChI=1S/C15H15BrN4/c1-2-20-15(18-10-19-20)9-17-14-8-7-13(16)11-5-3-4-6-12(11)14/h3-8,10,17H,2,9H2,1H3. The summed E-state index contributed by atoms with van der Waals surface area (Å²) >= 11 is 3.59. The Labute approximate surface area is 126 Å². The number of aromatic nitrogens is 3. The average Bonchev–Trinajstić information content (AvgIpc) is 2.94. The van der Waals surface area contributed by atoms with Crippen LogP contribution in [0.5, 0.6) is 0 Å². The molecule has 5 heteroatoms. The Kier molecular flexibility index (Phi) is 3.69. The van der Waals surface area contributed by atoms with E-state index in [4.69, 9.17) is 0 Å². The third-order valence-corrected chi connectivity index (χ3v) is 3.99. The Balaban J connectivity index is 1.90. The van der Waals surface area contributed by atoms with E-state index in [1.54, 1.807) is 6.33 Å². The molecule has 3 aromatic rings. The lowest BCUT2D eigenvalue weighted by atomic mass is 10.1. The van der Waals surface area contributed by atoms with Crippen molar-refractivity contribution in [3.63, 3.8) is 0 Å². The first kappa shape index (κ1) is 13.1. The lowest BCUT2D eigenvalue weighted by Crippen LogP contribution is -2.09. The Morgan fingerprint density at radius 1 is 1.15 bits per heavy atom. The van der Waals surface area contributed by atoms with Crippen LogP contribution in [0.2, 0.25) is 0 Å². The zero-order valence-electron chi connectivity index (χ0n) is 11.2. The van der Waals surface area contributed by atoms with E-state index in [0.717, 1.165) is 22.5 Å². The SMILES string of the molecule is CCn1ncnc1CNc1ccc(Br)c2ccccc12. The maximum Gasteiger partial charge on any atom is 0.146 e. The third-order valence-electron chi connectivity index (χ3n) is 3.30. The number of fused-ring (bicyclic) bond motifs is 1. The van der Waals surface area contributed by atoms with Crippen molar-refractivity contribution in [3.8, 4) is 0 Å². The zero-order chi connectivity index (χ0) is 13.9. The van der Waals surface area contributed by atoms with Gasteiger partial charge < -0.3 is 5.32 Å². The average molecular weight is 331 g/mol. The van der Waals surface area contributed by atoms with E-state index in [1.165, 1.54) is 10.8 Å². The summed E-state index contributed by atoms with van der Waals surface area (Å²) in [5, 5.41) is 10.0. The van der Waals surface area contributed by atoms with Crippen LogP contribution >= 0.6 is 15.9 Å². The fraction of sp³-hybridized carbons (Fsp3) is 0.200. The second kappa shape index (κ2) is 5.63. The van der Waals surface area contributed by atoms with E-state index in [-0.39, 0.29) is 0 Å². The smallest absolute Gasteiger partial charge is 0.146 e. The van der Waals surface area contributed by atoms with Gasteiger partial charge in [-0.25, -0.2) is 9.67 Å². The highest BCUT2D eigenvalue weighted by molar-refractivity contribution is 9.10. The maximum absolute atomic E-state index is 4.28. The highest BCUT2D eigenvalue weighted by atomic mass is 79.9. The molecule has 0 bridgehead atoms. The summed E-state index contributed by atoms with van der Waals surface area (Å²) in [6.45, 7) is 3.56. The van der Waals surface area contributed by atoms with E-state index in [0.29, 0.717) is 6.54 Å². The molecule has 0 fully saturated rings. The number of hydrogen-bond donors (Lipinski definition) is 1. The zero-order valence-corrected chi connectivity index (χ0v) is 12.8. The predicted molar refractivity (Wildman–Crippen MR) is 84.7 cm³/mol. The number of hydrogen-bond acceptors (Lipinski definition) is 3. The summed E-state index contributed by atoms with van der Waals surface area (Å²) in [6.07, 6.45) is 1.60. The van der Waals surface area contributed by atoms with Gasteiger partial charge >= 0.3 is 0 Å². The number of benzene rings is 2. The molecule has 0 radical (unpaired) electrons. The Morgan fingerprint density at radius 2 is 1.95 bits per heavy atom. The fourth-order valence-corrected chi connectivity index (χ4v) is 2.76. The maximum atomic E-state index is 4.28. The van der Waals surface area contributed by atoms with Crippen LogP contribution in [0.3, 0.4) is 0 Å². The van der Waals surface area contributed by atoms with Crippen molar-refractivity contribution in [3.05, 3.63) is 53.0 Å². The van der Waals surface area contributed by atoms with Crippen LogP contribution in [0.1, 0.15) is 12.7 Å². The molecular formula is C15H15BrN4. The summed E-state index contributed by atoms with van der Waals surface area (Å²) in [6, 6.07) is 12.5. The van der Waals surface area contributed by atoms with Gasteiger partial charge in [0.25, 0.3) is 0 Å². The summed E-state index contributed by atoms with van der Waals surface area (Å²) in [5.74, 6) is 0.944. The van der Waals surface area contributed by atoms with Crippen LogP contribution in [0.4, 0.5) is 5.69 Å². The normalized spacial score (nSPS) is 10.9. The first-order valence-corrected chi connectivity index (χ1v) is 7.36. The minimum atomic E-state index is 0.666. The monoisotopic (exact) mass is 330 g/mol. The molecule has 1 heterocycles. The second-order valence-electron chi connectivity index (χ2n) is 4.49. The van der Waals surface area contributed by atoms with Gasteiger partial charge in [-0.3, -0.25) is 0 Å². The van der Waals surface area contributed by atoms with E-state index >= 15 is 0 Å². The lowest BCUT2D eigenvalue weighted by molar-refractivity contribution is 0.622. The van der Waals surface area contributed by atoms with Gasteiger partial charge in [0.05, 0.1) is 6.54 Å². The van der Waals surface area contributed by atoms with E-state index in [1.807, 2.05) is 10.7 Å². The van der Waals surface area contributed by atoms with Crippen LogP contribution < -0.4 is 5.32 Å². The summed E-state index contributed by atoms with van der Waals surface area (Å²) in [5.41, 5.74) is 1.11. The Hall–Kier alpha value is -1.88. The van der Waals surface area contributed by atoms with Gasteiger partial charge in [0.15, 0.2) is 0 Å². The van der Waals surface area contributed by atoms with Gasteiger partial charge in [0.1, 0.15) is 12.2 Å². The molecule has 0 spiro atoms. The molecule has 4 nitrogen and oxygen atoms in total. The molecule has 0 unspecified atom stereocenters. The van der Waals surface area contributed by atoms with Gasteiger partial charge in [-0.15, -0.1) is 0 Å². The number of halogens is 1. The number of aryl methyl sites for hydroxylation is 1. The number of nitrogens with zero attached hydrogens (tertiary/aromatic N) is 3. The van der Waals surface area contributed by atoms with Crippen molar-refractivity contribution in [1.29, 1.82) is 0 Å². The number of nitrogens with one attached hydrogen (secondary N) is 1. The molecule has 20 heavy (non-hydrogen) atoms. The van der Waals surface area contributed by atoms with Gasteiger partial charge in [-0.1, -0.05) is 40.2 Å². The molecule has 3 rings (SSSR count). The van der Waals surface area contributed by atoms with Crippen LogP contribution in [0.15, 0.2) is 47.2 Å². The van der Waals surface area contributed by atoms with E-state index < -0.39 is 0 Å². The van der Waals surface area contributed by atoms with Crippen molar-refractivity contribution in [2.24, 2.45) is 0 Å². The highest BCUT2D eigenvalue weighted by Gasteiger charge is 2.06. The largest absolute Gasteiger partial charge is 0.377 e. The van der Waals surface area contributed by atoms with Gasteiger partial charge in [0, 0.05) is 22.1 Å². The first-order chi connectivity index (χ1) is 9.79. The van der Waals surface area contributed by atoms with E-state index in [2.05, 4.69) is 68.6 Å². The minimum Gasteiger partial charge on any atom is -0.377 e. The lowest BCUT2D eigenvalue weighted by Gasteiger charge is -2.11. The van der Waals surface area contributed by atoms with E-state index in [9.17, 15) is 0 Å². The van der Waals surface area contributed by atoms with Crippen molar-refractivity contribution in [2.75, 3.05) is 5.32 Å². The van der Waals surface area contributed by atoms with Crippen molar-refractivity contribution in [1.82, 2.24) is 14.8 Å². The molecular weight excluding hydrogens is 316 g/mol. The highest BCUT2D eigenvalue weighted by Crippen LogP contribution is 2.30. The van der Waals surface area contributed by atoms with Crippen molar-refractivity contribution >= 4 is 32.4 Å². The molecule has 0 saturated carbocycles. The van der Waals surface area contributed by atoms with Crippen LogP contribution in [0, 0.1) is 0 Å². The molecule has 1 N–H and O–H groups in total.